The molecule has 0 spiro atoms. The molecule has 2 aromatic carbocycles. The van der Waals surface area contributed by atoms with E-state index in [-0.39, 0.29) is 5.56 Å². The summed E-state index contributed by atoms with van der Waals surface area (Å²) in [5, 5.41) is 2.65. The summed E-state index contributed by atoms with van der Waals surface area (Å²) >= 11 is 0. The molecule has 4 aromatic rings. The highest BCUT2D eigenvalue weighted by atomic mass is 16.5. The molecule has 6 heteroatoms. The lowest BCUT2D eigenvalue weighted by atomic mass is 10.1. The van der Waals surface area contributed by atoms with Crippen molar-refractivity contribution in [3.63, 3.8) is 0 Å². The van der Waals surface area contributed by atoms with Gasteiger partial charge in [0.25, 0.3) is 5.56 Å². The van der Waals surface area contributed by atoms with Gasteiger partial charge in [-0.15, -0.1) is 0 Å². The van der Waals surface area contributed by atoms with Gasteiger partial charge in [-0.3, -0.25) is 9.36 Å². The summed E-state index contributed by atoms with van der Waals surface area (Å²) in [5.74, 6) is 0.646. The number of hydrogen-bond acceptors (Lipinski definition) is 5. The Labute approximate surface area is 155 Å². The molecule has 1 fully saturated rings. The standard InChI is InChI=1S/C21H18N4O2/c26-20-17-14-22-21(24-10-12-27-13-11-24)23-18(17)8-9-25(20)19-7-3-5-15-4-1-2-6-16(15)19/h1-9,14H,10-13H2. The first-order valence-electron chi connectivity index (χ1n) is 9.00. The lowest BCUT2D eigenvalue weighted by Crippen LogP contribution is -2.37. The number of morpholine rings is 1. The molecule has 1 saturated heterocycles. The van der Waals surface area contributed by atoms with E-state index in [9.17, 15) is 4.79 Å². The molecule has 1 aliphatic heterocycles. The van der Waals surface area contributed by atoms with E-state index in [0.717, 1.165) is 29.5 Å². The molecule has 27 heavy (non-hydrogen) atoms. The minimum absolute atomic E-state index is 0.114. The second kappa shape index (κ2) is 6.48. The topological polar surface area (TPSA) is 60.3 Å². The zero-order valence-corrected chi connectivity index (χ0v) is 14.7. The molecule has 0 saturated carbocycles. The summed E-state index contributed by atoms with van der Waals surface area (Å²) in [6.45, 7) is 2.87. The Hall–Kier alpha value is -3.25. The highest BCUT2D eigenvalue weighted by molar-refractivity contribution is 5.90. The van der Waals surface area contributed by atoms with Gasteiger partial charge in [0.1, 0.15) is 0 Å². The fraction of sp³-hybridized carbons (Fsp3) is 0.190. The van der Waals surface area contributed by atoms with Crippen LogP contribution in [0.15, 0.2) is 65.7 Å². The first-order valence-corrected chi connectivity index (χ1v) is 9.00. The van der Waals surface area contributed by atoms with Crippen LogP contribution in [0.3, 0.4) is 0 Å². The smallest absolute Gasteiger partial charge is 0.266 e. The van der Waals surface area contributed by atoms with Crippen molar-refractivity contribution in [2.24, 2.45) is 0 Å². The van der Waals surface area contributed by atoms with Gasteiger partial charge in [0.15, 0.2) is 0 Å². The Morgan fingerprint density at radius 3 is 2.63 bits per heavy atom. The van der Waals surface area contributed by atoms with E-state index in [4.69, 9.17) is 4.74 Å². The zero-order valence-electron chi connectivity index (χ0n) is 14.7. The third-order valence-electron chi connectivity index (χ3n) is 4.96. The monoisotopic (exact) mass is 358 g/mol. The zero-order chi connectivity index (χ0) is 18.2. The Kier molecular flexibility index (Phi) is 3.83. The fourth-order valence-electron chi connectivity index (χ4n) is 3.54. The minimum atomic E-state index is -0.114. The molecule has 1 aliphatic rings. The molecule has 0 radical (unpaired) electrons. The summed E-state index contributed by atoms with van der Waals surface area (Å²) < 4.78 is 7.05. The van der Waals surface area contributed by atoms with Crippen LogP contribution in [0.5, 0.6) is 0 Å². The second-order valence-electron chi connectivity index (χ2n) is 6.56. The van der Waals surface area contributed by atoms with Crippen molar-refractivity contribution in [2.75, 3.05) is 31.2 Å². The van der Waals surface area contributed by atoms with E-state index < -0.39 is 0 Å². The van der Waals surface area contributed by atoms with E-state index in [0.29, 0.717) is 30.1 Å². The van der Waals surface area contributed by atoms with Gasteiger partial charge < -0.3 is 9.64 Å². The summed E-state index contributed by atoms with van der Waals surface area (Å²) in [7, 11) is 0. The van der Waals surface area contributed by atoms with Gasteiger partial charge in [-0.2, -0.15) is 0 Å². The summed E-state index contributed by atoms with van der Waals surface area (Å²) in [6, 6.07) is 15.9. The van der Waals surface area contributed by atoms with E-state index in [2.05, 4.69) is 14.9 Å². The molecule has 0 N–H and O–H groups in total. The maximum atomic E-state index is 13.1. The van der Waals surface area contributed by atoms with E-state index >= 15 is 0 Å². The van der Waals surface area contributed by atoms with Crippen molar-refractivity contribution in [1.29, 1.82) is 0 Å². The quantitative estimate of drug-likeness (QED) is 0.551. The SMILES string of the molecule is O=c1c2cnc(N3CCOCC3)nc2ccn1-c1cccc2ccccc12. The Bertz CT molecular complexity index is 1190. The Morgan fingerprint density at radius 1 is 0.926 bits per heavy atom. The molecule has 5 rings (SSSR count). The number of anilines is 1. The maximum Gasteiger partial charge on any atom is 0.266 e. The van der Waals surface area contributed by atoms with Crippen molar-refractivity contribution in [3.05, 3.63) is 71.3 Å². The summed E-state index contributed by atoms with van der Waals surface area (Å²) in [6.07, 6.45) is 3.43. The molecule has 6 nitrogen and oxygen atoms in total. The first-order chi connectivity index (χ1) is 13.3. The van der Waals surface area contributed by atoms with Crippen LogP contribution >= 0.6 is 0 Å². The summed E-state index contributed by atoms with van der Waals surface area (Å²) in [4.78, 5) is 24.2. The van der Waals surface area contributed by atoms with Gasteiger partial charge in [0.05, 0.1) is 29.8 Å². The second-order valence-corrected chi connectivity index (χ2v) is 6.56. The first kappa shape index (κ1) is 16.0. The number of rotatable bonds is 2. The number of aromatic nitrogens is 3. The van der Waals surface area contributed by atoms with Crippen molar-refractivity contribution in [1.82, 2.24) is 14.5 Å². The molecule has 0 bridgehead atoms. The van der Waals surface area contributed by atoms with Gasteiger partial charge in [-0.05, 0) is 17.5 Å². The average Bonchev–Trinajstić information content (AvgIpc) is 2.74. The average molecular weight is 358 g/mol. The van der Waals surface area contributed by atoms with Crippen LogP contribution in [0, 0.1) is 0 Å². The third kappa shape index (κ3) is 2.74. The van der Waals surface area contributed by atoms with Crippen LogP contribution in [0.25, 0.3) is 27.4 Å². The van der Waals surface area contributed by atoms with E-state index in [1.165, 1.54) is 0 Å². The number of fused-ring (bicyclic) bond motifs is 2. The lowest BCUT2D eigenvalue weighted by molar-refractivity contribution is 0.122. The van der Waals surface area contributed by atoms with Crippen molar-refractivity contribution in [2.45, 2.75) is 0 Å². The Balaban J connectivity index is 1.64. The minimum Gasteiger partial charge on any atom is -0.378 e. The van der Waals surface area contributed by atoms with E-state index in [1.807, 2.05) is 48.5 Å². The summed E-state index contributed by atoms with van der Waals surface area (Å²) in [5.41, 5.74) is 1.41. The predicted molar refractivity (Wildman–Crippen MR) is 106 cm³/mol. The van der Waals surface area contributed by atoms with Crippen LogP contribution in [-0.4, -0.2) is 40.8 Å². The lowest BCUT2D eigenvalue weighted by Gasteiger charge is -2.26. The maximum absolute atomic E-state index is 13.1. The predicted octanol–water partition coefficient (Wildman–Crippen LogP) is 2.77. The van der Waals surface area contributed by atoms with Gasteiger partial charge in [0, 0.05) is 30.9 Å². The number of pyridine rings is 1. The van der Waals surface area contributed by atoms with Crippen molar-refractivity contribution >= 4 is 27.6 Å². The third-order valence-corrected chi connectivity index (χ3v) is 4.96. The molecule has 2 aromatic heterocycles. The van der Waals surface area contributed by atoms with Gasteiger partial charge in [-0.1, -0.05) is 36.4 Å². The highest BCUT2D eigenvalue weighted by Gasteiger charge is 2.15. The van der Waals surface area contributed by atoms with Gasteiger partial charge in [0.2, 0.25) is 5.95 Å². The van der Waals surface area contributed by atoms with Crippen LogP contribution in [0.2, 0.25) is 0 Å². The molecule has 0 amide bonds. The number of hydrogen-bond donors (Lipinski definition) is 0. The molecule has 134 valence electrons. The molecule has 3 heterocycles. The van der Waals surface area contributed by atoms with Crippen molar-refractivity contribution in [3.8, 4) is 5.69 Å². The molecule has 0 atom stereocenters. The van der Waals surface area contributed by atoms with Gasteiger partial charge in [-0.25, -0.2) is 9.97 Å². The van der Waals surface area contributed by atoms with E-state index in [1.54, 1.807) is 17.0 Å². The molecule has 0 aliphatic carbocycles. The normalized spacial score (nSPS) is 14.7. The Morgan fingerprint density at radius 2 is 1.74 bits per heavy atom. The van der Waals surface area contributed by atoms with Crippen molar-refractivity contribution < 1.29 is 4.74 Å². The van der Waals surface area contributed by atoms with Crippen LogP contribution in [-0.2, 0) is 4.74 Å². The largest absolute Gasteiger partial charge is 0.378 e. The van der Waals surface area contributed by atoms with Crippen LogP contribution in [0.1, 0.15) is 0 Å². The van der Waals surface area contributed by atoms with Crippen LogP contribution < -0.4 is 10.5 Å². The number of ether oxygens (including phenoxy) is 1. The molecular formula is C21H18N4O2. The highest BCUT2D eigenvalue weighted by Crippen LogP contribution is 2.22. The van der Waals surface area contributed by atoms with Crippen LogP contribution in [0.4, 0.5) is 5.95 Å². The number of benzene rings is 2. The molecular weight excluding hydrogens is 340 g/mol. The van der Waals surface area contributed by atoms with Gasteiger partial charge >= 0.3 is 0 Å². The number of nitrogens with zero attached hydrogens (tertiary/aromatic N) is 4. The fourth-order valence-corrected chi connectivity index (χ4v) is 3.54. The molecule has 0 unspecified atom stereocenters.